The number of nitrogen functional groups attached to an aromatic ring is 1. The second kappa shape index (κ2) is 16.9. The lowest BCUT2D eigenvalue weighted by Gasteiger charge is -2.11. The van der Waals surface area contributed by atoms with Gasteiger partial charge in [0.25, 0.3) is 0 Å². The Morgan fingerprint density at radius 2 is 0.500 bits per heavy atom. The number of nitrogens with zero attached hydrogens (tertiary/aromatic N) is 4. The van der Waals surface area contributed by atoms with Gasteiger partial charge in [0, 0.05) is 39.8 Å². The predicted molar refractivity (Wildman–Crippen MR) is 238 cm³/mol. The van der Waals surface area contributed by atoms with Crippen molar-refractivity contribution in [3.8, 4) is 0 Å². The first-order valence-electron chi connectivity index (χ1n) is 18.2. The maximum Gasteiger partial charge on any atom is 0.0638 e. The molecule has 0 aromatic heterocycles. The molecular weight excluding hydrogens is 689 g/mol. The number of anilines is 7. The zero-order valence-electron chi connectivity index (χ0n) is 30.4. The number of rotatable bonds is 10. The van der Waals surface area contributed by atoms with E-state index in [4.69, 9.17) is 20.7 Å². The average molecular weight is 727 g/mol. The van der Waals surface area contributed by atoms with E-state index in [0.717, 1.165) is 85.4 Å². The monoisotopic (exact) mass is 726 g/mol. The van der Waals surface area contributed by atoms with Crippen LogP contribution in [0.5, 0.6) is 0 Å². The van der Waals surface area contributed by atoms with Crippen LogP contribution in [0.1, 0.15) is 0 Å². The molecule has 0 bridgehead atoms. The van der Waals surface area contributed by atoms with Crippen molar-refractivity contribution < 1.29 is 0 Å². The van der Waals surface area contributed by atoms with E-state index in [0.29, 0.717) is 0 Å². The molecule has 2 aliphatic carbocycles. The minimum Gasteiger partial charge on any atom is -0.399 e. The molecule has 0 atom stereocenters. The normalized spacial score (nSPS) is 13.0. The number of aliphatic imine (C=N–C) groups is 4. The van der Waals surface area contributed by atoms with Crippen molar-refractivity contribution >= 4 is 85.4 Å². The summed E-state index contributed by atoms with van der Waals surface area (Å²) in [5.74, 6) is 0. The van der Waals surface area contributed by atoms with Crippen molar-refractivity contribution in [2.24, 2.45) is 20.0 Å². The molecule has 6 aromatic rings. The smallest absolute Gasteiger partial charge is 0.0638 e. The van der Waals surface area contributed by atoms with E-state index in [1.165, 1.54) is 0 Å². The van der Waals surface area contributed by atoms with Gasteiger partial charge in [-0.25, -0.2) is 20.0 Å². The molecular formula is C48H38N8. The summed E-state index contributed by atoms with van der Waals surface area (Å²) < 4.78 is 0. The fourth-order valence-electron chi connectivity index (χ4n) is 5.86. The van der Waals surface area contributed by atoms with E-state index in [-0.39, 0.29) is 0 Å². The Bertz CT molecular complexity index is 2500. The number of benzene rings is 6. The maximum absolute atomic E-state index is 5.79. The maximum atomic E-state index is 5.79. The summed E-state index contributed by atoms with van der Waals surface area (Å²) in [6.07, 6.45) is 15.8. The highest BCUT2D eigenvalue weighted by atomic mass is 14.9. The lowest BCUT2D eigenvalue weighted by molar-refractivity contribution is 1.47. The Morgan fingerprint density at radius 1 is 0.268 bits per heavy atom. The predicted octanol–water partition coefficient (Wildman–Crippen LogP) is 12.4. The molecule has 0 radical (unpaired) electrons. The highest BCUT2D eigenvalue weighted by molar-refractivity contribution is 6.20. The van der Waals surface area contributed by atoms with Crippen molar-refractivity contribution in [3.05, 3.63) is 200 Å². The van der Waals surface area contributed by atoms with E-state index in [9.17, 15) is 0 Å². The van der Waals surface area contributed by atoms with Crippen LogP contribution in [0.2, 0.25) is 0 Å². The van der Waals surface area contributed by atoms with Crippen LogP contribution >= 0.6 is 0 Å². The second-order valence-corrected chi connectivity index (χ2v) is 13.0. The Balaban J connectivity index is 0.807. The van der Waals surface area contributed by atoms with E-state index < -0.39 is 0 Å². The first kappa shape index (κ1) is 35.2. The van der Waals surface area contributed by atoms with Gasteiger partial charge in [0.05, 0.1) is 45.6 Å². The van der Waals surface area contributed by atoms with Crippen LogP contribution in [-0.4, -0.2) is 22.8 Å². The van der Waals surface area contributed by atoms with Crippen molar-refractivity contribution in [1.82, 2.24) is 0 Å². The summed E-state index contributed by atoms with van der Waals surface area (Å²) in [4.78, 5) is 18.9. The molecule has 8 rings (SSSR count). The summed E-state index contributed by atoms with van der Waals surface area (Å²) in [5, 5.41) is 10.3. The highest BCUT2D eigenvalue weighted by Gasteiger charge is 2.04. The number of para-hydroxylation sites is 1. The van der Waals surface area contributed by atoms with Crippen molar-refractivity contribution in [2.45, 2.75) is 0 Å². The van der Waals surface area contributed by atoms with Gasteiger partial charge in [-0.15, -0.1) is 0 Å². The third kappa shape index (κ3) is 9.77. The van der Waals surface area contributed by atoms with Crippen molar-refractivity contribution in [2.75, 3.05) is 21.7 Å². The topological polar surface area (TPSA) is 112 Å². The van der Waals surface area contributed by atoms with E-state index in [1.54, 1.807) is 0 Å². The Morgan fingerprint density at radius 3 is 0.804 bits per heavy atom. The SMILES string of the molecule is Nc1ccc(Nc2ccc(Nc3ccc(Nc4ccc(N=C5C=CC(=Nc6ccc(N=C7C=CC(=Nc8ccccc8)C=C7)cc6)C=C5)cc4)cc3)cc2)cc1. The van der Waals surface area contributed by atoms with Gasteiger partial charge in [0.2, 0.25) is 0 Å². The van der Waals surface area contributed by atoms with E-state index in [2.05, 4.69) is 45.2 Å². The standard InChI is InChI=1S/C48H38N8/c49-34-6-8-36(9-7-34)51-38-14-16-40(17-15-38)53-42-22-24-44(25-23-42)55-46-30-32-48(33-31-46)56-47-28-26-45(27-29-47)54-43-20-18-41(19-21-43)52-39-12-10-37(11-13-39)50-35-4-2-1-3-5-35/h1-33,51,53,55H,49H2. The molecule has 270 valence electrons. The molecule has 8 nitrogen and oxygen atoms in total. The third-order valence-electron chi connectivity index (χ3n) is 8.75. The fourth-order valence-corrected chi connectivity index (χ4v) is 5.86. The molecule has 8 heteroatoms. The first-order chi connectivity index (χ1) is 27.5. The van der Waals surface area contributed by atoms with Gasteiger partial charge in [-0.3, -0.25) is 0 Å². The number of allylic oxidation sites excluding steroid dienone is 8. The van der Waals surface area contributed by atoms with Crippen LogP contribution in [0.15, 0.2) is 220 Å². The Hall–Kier alpha value is -7.84. The fraction of sp³-hybridized carbons (Fsp3) is 0. The molecule has 0 spiro atoms. The lowest BCUT2D eigenvalue weighted by Crippen LogP contribution is -1.99. The molecule has 6 aromatic carbocycles. The van der Waals surface area contributed by atoms with Crippen LogP contribution in [0.4, 0.5) is 62.6 Å². The zero-order valence-corrected chi connectivity index (χ0v) is 30.4. The van der Waals surface area contributed by atoms with E-state index in [1.807, 2.05) is 176 Å². The molecule has 0 amide bonds. The second-order valence-electron chi connectivity index (χ2n) is 13.0. The first-order valence-corrected chi connectivity index (χ1v) is 18.2. The number of hydrogen-bond donors (Lipinski definition) is 4. The van der Waals surface area contributed by atoms with E-state index >= 15 is 0 Å². The lowest BCUT2D eigenvalue weighted by atomic mass is 10.1. The van der Waals surface area contributed by atoms with Gasteiger partial charge in [0.15, 0.2) is 0 Å². The Labute approximate surface area is 326 Å². The molecule has 0 aliphatic heterocycles. The molecule has 0 heterocycles. The molecule has 2 aliphatic rings. The molecule has 56 heavy (non-hydrogen) atoms. The summed E-state index contributed by atoms with van der Waals surface area (Å²) in [6, 6.07) is 50.0. The van der Waals surface area contributed by atoms with Crippen molar-refractivity contribution in [1.29, 1.82) is 0 Å². The zero-order chi connectivity index (χ0) is 37.9. The molecule has 0 saturated carbocycles. The van der Waals surface area contributed by atoms with Gasteiger partial charge < -0.3 is 21.7 Å². The summed E-state index contributed by atoms with van der Waals surface area (Å²) >= 11 is 0. The van der Waals surface area contributed by atoms with Gasteiger partial charge in [-0.1, -0.05) is 18.2 Å². The van der Waals surface area contributed by atoms with Gasteiger partial charge >= 0.3 is 0 Å². The van der Waals surface area contributed by atoms with Gasteiger partial charge in [0.1, 0.15) is 0 Å². The summed E-state index contributed by atoms with van der Waals surface area (Å²) in [5.41, 5.74) is 19.5. The quantitative estimate of drug-likeness (QED) is 0.0831. The van der Waals surface area contributed by atoms with Crippen molar-refractivity contribution in [3.63, 3.8) is 0 Å². The molecule has 0 unspecified atom stereocenters. The van der Waals surface area contributed by atoms with Crippen LogP contribution in [-0.2, 0) is 0 Å². The van der Waals surface area contributed by atoms with Gasteiger partial charge in [-0.2, -0.15) is 0 Å². The average Bonchev–Trinajstić information content (AvgIpc) is 3.23. The van der Waals surface area contributed by atoms with Crippen LogP contribution in [0.25, 0.3) is 0 Å². The molecule has 0 saturated heterocycles. The molecule has 5 N–H and O–H groups in total. The number of nitrogens with one attached hydrogen (secondary N) is 3. The molecule has 0 fully saturated rings. The van der Waals surface area contributed by atoms with Crippen LogP contribution < -0.4 is 21.7 Å². The van der Waals surface area contributed by atoms with Gasteiger partial charge in [-0.05, 0) is 182 Å². The largest absolute Gasteiger partial charge is 0.399 e. The number of hydrogen-bond acceptors (Lipinski definition) is 8. The van der Waals surface area contributed by atoms with Crippen LogP contribution in [0, 0.1) is 0 Å². The van der Waals surface area contributed by atoms with Crippen LogP contribution in [0.3, 0.4) is 0 Å². The summed E-state index contributed by atoms with van der Waals surface area (Å²) in [7, 11) is 0. The third-order valence-corrected chi connectivity index (χ3v) is 8.75. The minimum atomic E-state index is 0.745. The minimum absolute atomic E-state index is 0.745. The number of nitrogens with two attached hydrogens (primary N) is 1. The summed E-state index contributed by atoms with van der Waals surface area (Å²) in [6.45, 7) is 0. The highest BCUT2D eigenvalue weighted by Crippen LogP contribution is 2.26. The Kier molecular flexibility index (Phi) is 10.6.